The number of carbonyl (C=O) groups excluding carboxylic acids is 1. The van der Waals surface area contributed by atoms with Gasteiger partial charge >= 0.3 is 0 Å². The first-order chi connectivity index (χ1) is 10.1. The third-order valence-corrected chi connectivity index (χ3v) is 2.68. The van der Waals surface area contributed by atoms with E-state index in [0.29, 0.717) is 36.8 Å². The Morgan fingerprint density at radius 2 is 2.24 bits per heavy atom. The van der Waals surface area contributed by atoms with Crippen LogP contribution < -0.4 is 5.32 Å². The van der Waals surface area contributed by atoms with Crippen LogP contribution in [0.15, 0.2) is 18.5 Å². The van der Waals surface area contributed by atoms with Gasteiger partial charge in [-0.15, -0.1) is 0 Å². The molecule has 1 aromatic heterocycles. The lowest BCUT2D eigenvalue weighted by molar-refractivity contribution is 0.0905. The number of carbonyl (C=O) groups is 1. The third-order valence-electron chi connectivity index (χ3n) is 2.68. The number of nitrogens with zero attached hydrogens (tertiary/aromatic N) is 1. The van der Waals surface area contributed by atoms with Crippen LogP contribution in [0.5, 0.6) is 0 Å². The second kappa shape index (κ2) is 9.92. The van der Waals surface area contributed by atoms with Crippen molar-refractivity contribution in [2.45, 2.75) is 20.3 Å². The molecule has 5 heteroatoms. The van der Waals surface area contributed by atoms with E-state index in [9.17, 15) is 4.79 Å². The second-order valence-corrected chi connectivity index (χ2v) is 4.97. The van der Waals surface area contributed by atoms with Gasteiger partial charge in [0.05, 0.1) is 12.2 Å². The summed E-state index contributed by atoms with van der Waals surface area (Å²) in [5, 5.41) is 11.4. The molecule has 114 valence electrons. The second-order valence-electron chi connectivity index (χ2n) is 4.97. The van der Waals surface area contributed by atoms with Crippen LogP contribution in [0.25, 0.3) is 0 Å². The van der Waals surface area contributed by atoms with Crippen LogP contribution in [0.3, 0.4) is 0 Å². The van der Waals surface area contributed by atoms with E-state index in [1.807, 2.05) is 0 Å². The van der Waals surface area contributed by atoms with Crippen molar-refractivity contribution in [3.05, 3.63) is 29.6 Å². The number of aromatic nitrogens is 1. The van der Waals surface area contributed by atoms with Gasteiger partial charge in [-0.3, -0.25) is 9.78 Å². The highest BCUT2D eigenvalue weighted by Crippen LogP contribution is 2.01. The number of hydrogen-bond acceptors (Lipinski definition) is 4. The maximum atomic E-state index is 11.9. The first-order valence-corrected chi connectivity index (χ1v) is 7.04. The summed E-state index contributed by atoms with van der Waals surface area (Å²) in [5.41, 5.74) is 1.05. The van der Waals surface area contributed by atoms with Crippen molar-refractivity contribution in [1.29, 1.82) is 0 Å². The molecule has 0 radical (unpaired) electrons. The molecule has 21 heavy (non-hydrogen) atoms. The van der Waals surface area contributed by atoms with E-state index in [0.717, 1.165) is 6.42 Å². The Kier molecular flexibility index (Phi) is 8.10. The summed E-state index contributed by atoms with van der Waals surface area (Å²) in [4.78, 5) is 15.9. The number of amides is 1. The average Bonchev–Trinajstić information content (AvgIpc) is 2.48. The predicted octanol–water partition coefficient (Wildman–Crippen LogP) is 1.22. The Bertz CT molecular complexity index is 504. The van der Waals surface area contributed by atoms with E-state index in [1.165, 1.54) is 6.20 Å². The van der Waals surface area contributed by atoms with E-state index in [-0.39, 0.29) is 12.5 Å². The lowest BCUT2D eigenvalue weighted by atomic mass is 10.1. The Hall–Kier alpha value is -1.90. The summed E-state index contributed by atoms with van der Waals surface area (Å²) < 4.78 is 5.43. The summed E-state index contributed by atoms with van der Waals surface area (Å²) in [6, 6.07) is 1.64. The highest BCUT2D eigenvalue weighted by Gasteiger charge is 2.05. The Balaban J connectivity index is 2.35. The molecule has 1 aromatic rings. The molecule has 2 N–H and O–H groups in total. The summed E-state index contributed by atoms with van der Waals surface area (Å²) in [6.45, 7) is 5.74. The number of ether oxygens (including phenoxy) is 1. The first kappa shape index (κ1) is 17.2. The fraction of sp³-hybridized carbons (Fsp3) is 0.500. The average molecular weight is 290 g/mol. The van der Waals surface area contributed by atoms with E-state index in [4.69, 9.17) is 9.84 Å². The molecule has 0 atom stereocenters. The number of hydrogen-bond donors (Lipinski definition) is 2. The molecule has 0 bridgehead atoms. The molecular weight excluding hydrogens is 268 g/mol. The highest BCUT2D eigenvalue weighted by atomic mass is 16.5. The monoisotopic (exact) mass is 290 g/mol. The minimum Gasteiger partial charge on any atom is -0.384 e. The van der Waals surface area contributed by atoms with Crippen molar-refractivity contribution in [3.63, 3.8) is 0 Å². The zero-order chi connectivity index (χ0) is 15.5. The molecule has 5 nitrogen and oxygen atoms in total. The zero-order valence-electron chi connectivity index (χ0n) is 12.6. The van der Waals surface area contributed by atoms with Crippen LogP contribution in [0.4, 0.5) is 0 Å². The third kappa shape index (κ3) is 7.45. The minimum absolute atomic E-state index is 0.206. The van der Waals surface area contributed by atoms with E-state index < -0.39 is 0 Å². The van der Waals surface area contributed by atoms with E-state index >= 15 is 0 Å². The lowest BCUT2D eigenvalue weighted by Gasteiger charge is -2.07. The Labute approximate surface area is 125 Å². The summed E-state index contributed by atoms with van der Waals surface area (Å²) in [5.74, 6) is 5.65. The molecule has 1 rings (SSSR count). The number of nitrogens with one attached hydrogen (secondary N) is 1. The van der Waals surface area contributed by atoms with Crippen LogP contribution in [-0.4, -0.2) is 42.4 Å². The summed E-state index contributed by atoms with van der Waals surface area (Å²) in [6.07, 6.45) is 4.05. The SMILES string of the molecule is CC(C)CCOCCNC(=O)c1cncc(C#CCO)c1. The van der Waals surface area contributed by atoms with Gasteiger partial charge in [-0.2, -0.15) is 0 Å². The number of rotatable bonds is 7. The fourth-order valence-corrected chi connectivity index (χ4v) is 1.53. The summed E-state index contributed by atoms with van der Waals surface area (Å²) >= 11 is 0. The van der Waals surface area contributed by atoms with E-state index in [2.05, 4.69) is 36.0 Å². The molecule has 0 saturated heterocycles. The molecule has 0 aromatic carbocycles. The smallest absolute Gasteiger partial charge is 0.252 e. The fourth-order valence-electron chi connectivity index (χ4n) is 1.53. The molecule has 0 aliphatic heterocycles. The highest BCUT2D eigenvalue weighted by molar-refractivity contribution is 5.94. The maximum Gasteiger partial charge on any atom is 0.252 e. The largest absolute Gasteiger partial charge is 0.384 e. The topological polar surface area (TPSA) is 71.5 Å². The maximum absolute atomic E-state index is 11.9. The van der Waals surface area contributed by atoms with Gasteiger partial charge in [0.15, 0.2) is 0 Å². The Morgan fingerprint density at radius 3 is 2.95 bits per heavy atom. The van der Waals surface area contributed by atoms with Crippen molar-refractivity contribution < 1.29 is 14.6 Å². The van der Waals surface area contributed by atoms with Crippen molar-refractivity contribution in [2.75, 3.05) is 26.4 Å². The van der Waals surface area contributed by atoms with E-state index in [1.54, 1.807) is 12.3 Å². The first-order valence-electron chi connectivity index (χ1n) is 7.04. The lowest BCUT2D eigenvalue weighted by Crippen LogP contribution is -2.27. The van der Waals surface area contributed by atoms with Gasteiger partial charge in [0, 0.05) is 31.1 Å². The molecule has 0 aliphatic rings. The van der Waals surface area contributed by atoms with Crippen molar-refractivity contribution >= 4 is 5.91 Å². The normalized spacial score (nSPS) is 10.1. The van der Waals surface area contributed by atoms with Gasteiger partial charge in [-0.1, -0.05) is 25.7 Å². The summed E-state index contributed by atoms with van der Waals surface area (Å²) in [7, 11) is 0. The molecule has 0 saturated carbocycles. The molecular formula is C16H22N2O3. The van der Waals surface area contributed by atoms with Crippen molar-refractivity contribution in [1.82, 2.24) is 10.3 Å². The van der Waals surface area contributed by atoms with Gasteiger partial charge in [-0.05, 0) is 18.4 Å². The van der Waals surface area contributed by atoms with Crippen LogP contribution >= 0.6 is 0 Å². The molecule has 1 amide bonds. The minimum atomic E-state index is -0.218. The van der Waals surface area contributed by atoms with Crippen LogP contribution in [0.1, 0.15) is 36.2 Å². The van der Waals surface area contributed by atoms with Gasteiger partial charge in [0.1, 0.15) is 6.61 Å². The zero-order valence-corrected chi connectivity index (χ0v) is 12.6. The van der Waals surface area contributed by atoms with Crippen molar-refractivity contribution in [2.24, 2.45) is 5.92 Å². The molecule has 0 aliphatic carbocycles. The standard InChI is InChI=1S/C16H22N2O3/c1-13(2)5-8-21-9-6-18-16(20)15-10-14(4-3-7-19)11-17-12-15/h10-13,19H,5-9H2,1-2H3,(H,18,20). The van der Waals surface area contributed by atoms with Gasteiger partial charge in [0.2, 0.25) is 0 Å². The molecule has 0 fully saturated rings. The predicted molar refractivity (Wildman–Crippen MR) is 80.8 cm³/mol. The molecule has 0 unspecified atom stereocenters. The molecule has 1 heterocycles. The quantitative estimate of drug-likeness (QED) is 0.585. The van der Waals surface area contributed by atoms with Crippen LogP contribution in [0, 0.1) is 17.8 Å². The van der Waals surface area contributed by atoms with Gasteiger partial charge < -0.3 is 15.2 Å². The number of aliphatic hydroxyl groups is 1. The van der Waals surface area contributed by atoms with Crippen molar-refractivity contribution in [3.8, 4) is 11.8 Å². The molecule has 0 spiro atoms. The van der Waals surface area contributed by atoms with Crippen LogP contribution in [-0.2, 0) is 4.74 Å². The van der Waals surface area contributed by atoms with Gasteiger partial charge in [-0.25, -0.2) is 0 Å². The van der Waals surface area contributed by atoms with Crippen LogP contribution in [0.2, 0.25) is 0 Å². The van der Waals surface area contributed by atoms with Gasteiger partial charge in [0.25, 0.3) is 5.91 Å². The number of pyridine rings is 1. The number of aliphatic hydroxyl groups excluding tert-OH is 1. The Morgan fingerprint density at radius 1 is 1.43 bits per heavy atom.